The first-order valence-electron chi connectivity index (χ1n) is 7.15. The van der Waals surface area contributed by atoms with Crippen molar-refractivity contribution in [1.82, 2.24) is 14.8 Å². The molecule has 0 bridgehead atoms. The van der Waals surface area contributed by atoms with Crippen LogP contribution in [0.1, 0.15) is 62.7 Å². The van der Waals surface area contributed by atoms with Crippen LogP contribution >= 0.6 is 0 Å². The van der Waals surface area contributed by atoms with Gasteiger partial charge in [-0.15, -0.1) is 0 Å². The third-order valence-corrected chi connectivity index (χ3v) is 3.50. The first-order valence-corrected chi connectivity index (χ1v) is 7.15. The quantitative estimate of drug-likeness (QED) is 0.909. The van der Waals surface area contributed by atoms with E-state index in [4.69, 9.17) is 0 Å². The van der Waals surface area contributed by atoms with Crippen LogP contribution in [0.5, 0.6) is 0 Å². The van der Waals surface area contributed by atoms with Crippen molar-refractivity contribution in [2.24, 2.45) is 0 Å². The molecule has 0 spiro atoms. The van der Waals surface area contributed by atoms with Crippen LogP contribution in [0, 0.1) is 0 Å². The lowest BCUT2D eigenvalue weighted by Crippen LogP contribution is -2.12. The van der Waals surface area contributed by atoms with Crippen molar-refractivity contribution >= 4 is 0 Å². The molecule has 1 aromatic carbocycles. The van der Waals surface area contributed by atoms with Gasteiger partial charge >= 0.3 is 0 Å². The lowest BCUT2D eigenvalue weighted by Gasteiger charge is -2.14. The molecule has 1 N–H and O–H groups in total. The Bertz CT molecular complexity index is 543. The molecule has 1 heterocycles. The van der Waals surface area contributed by atoms with E-state index >= 15 is 0 Å². The number of aromatic nitrogens is 3. The van der Waals surface area contributed by atoms with Crippen molar-refractivity contribution in [3.8, 4) is 0 Å². The van der Waals surface area contributed by atoms with E-state index in [0.29, 0.717) is 12.3 Å². The maximum atomic E-state index is 10.3. The van der Waals surface area contributed by atoms with Gasteiger partial charge in [-0.25, -0.2) is 9.67 Å². The lowest BCUT2D eigenvalue weighted by molar-refractivity contribution is 0.173. The van der Waals surface area contributed by atoms with Crippen LogP contribution in [0.2, 0.25) is 0 Å². The highest BCUT2D eigenvalue weighted by atomic mass is 16.3. The van der Waals surface area contributed by atoms with Crippen molar-refractivity contribution in [1.29, 1.82) is 0 Å². The number of aliphatic hydroxyl groups excluding tert-OH is 1. The van der Waals surface area contributed by atoms with Gasteiger partial charge in [-0.1, -0.05) is 38.1 Å². The van der Waals surface area contributed by atoms with E-state index in [1.165, 1.54) is 5.56 Å². The Hall–Kier alpha value is -1.68. The van der Waals surface area contributed by atoms with Crippen LogP contribution in [-0.2, 0) is 6.42 Å². The summed E-state index contributed by atoms with van der Waals surface area (Å²) in [5.41, 5.74) is 2.21. The Morgan fingerprint density at radius 2 is 1.65 bits per heavy atom. The summed E-state index contributed by atoms with van der Waals surface area (Å²) < 4.78 is 1.85. The van der Waals surface area contributed by atoms with E-state index < -0.39 is 6.10 Å². The van der Waals surface area contributed by atoms with Gasteiger partial charge in [0.15, 0.2) is 0 Å². The molecule has 108 valence electrons. The van der Waals surface area contributed by atoms with Crippen molar-refractivity contribution < 1.29 is 5.11 Å². The largest absolute Gasteiger partial charge is 0.388 e. The number of aliphatic hydroxyl groups is 1. The molecule has 0 saturated carbocycles. The predicted octanol–water partition coefficient (Wildman–Crippen LogP) is 3.26. The van der Waals surface area contributed by atoms with Gasteiger partial charge in [0, 0.05) is 12.5 Å². The van der Waals surface area contributed by atoms with E-state index in [0.717, 1.165) is 11.4 Å². The van der Waals surface area contributed by atoms with Gasteiger partial charge in [0.05, 0.1) is 6.10 Å². The second-order valence-corrected chi connectivity index (χ2v) is 5.76. The van der Waals surface area contributed by atoms with E-state index in [2.05, 4.69) is 49.9 Å². The van der Waals surface area contributed by atoms with Crippen LogP contribution in [0.3, 0.4) is 0 Å². The third kappa shape index (κ3) is 3.25. The van der Waals surface area contributed by atoms with E-state index in [1.54, 1.807) is 6.33 Å². The molecule has 2 aromatic rings. The van der Waals surface area contributed by atoms with Crippen LogP contribution in [0.25, 0.3) is 0 Å². The third-order valence-electron chi connectivity index (χ3n) is 3.50. The van der Waals surface area contributed by atoms with Crippen molar-refractivity contribution in [2.45, 2.75) is 52.2 Å². The monoisotopic (exact) mass is 273 g/mol. The fraction of sp³-hybridized carbons (Fsp3) is 0.500. The van der Waals surface area contributed by atoms with Gasteiger partial charge in [0.25, 0.3) is 0 Å². The minimum atomic E-state index is -0.544. The Morgan fingerprint density at radius 1 is 1.05 bits per heavy atom. The number of hydrogen-bond acceptors (Lipinski definition) is 3. The molecule has 0 aliphatic heterocycles. The Balaban J connectivity index is 2.11. The van der Waals surface area contributed by atoms with Gasteiger partial charge in [-0.2, -0.15) is 5.10 Å². The number of hydrogen-bond donors (Lipinski definition) is 1. The van der Waals surface area contributed by atoms with Crippen molar-refractivity contribution in [2.75, 3.05) is 0 Å². The van der Waals surface area contributed by atoms with E-state index in [9.17, 15) is 5.11 Å². The standard InChI is InChI=1S/C16H23N3O/c1-11(2)13-5-7-14(8-6-13)15(20)9-16-17-10-18-19(16)12(3)4/h5-8,10-12,15,20H,9H2,1-4H3. The average Bonchev–Trinajstić information content (AvgIpc) is 2.87. The smallest absolute Gasteiger partial charge is 0.138 e. The maximum absolute atomic E-state index is 10.3. The van der Waals surface area contributed by atoms with Gasteiger partial charge < -0.3 is 5.11 Å². The highest BCUT2D eigenvalue weighted by Gasteiger charge is 2.14. The minimum Gasteiger partial charge on any atom is -0.388 e. The molecule has 1 atom stereocenters. The second kappa shape index (κ2) is 6.18. The maximum Gasteiger partial charge on any atom is 0.138 e. The van der Waals surface area contributed by atoms with Gasteiger partial charge in [0.1, 0.15) is 12.2 Å². The molecular formula is C16H23N3O. The fourth-order valence-corrected chi connectivity index (χ4v) is 2.25. The fourth-order valence-electron chi connectivity index (χ4n) is 2.25. The van der Waals surface area contributed by atoms with Gasteiger partial charge in [-0.3, -0.25) is 0 Å². The summed E-state index contributed by atoms with van der Waals surface area (Å²) in [6.07, 6.45) is 1.49. The number of rotatable bonds is 5. The van der Waals surface area contributed by atoms with E-state index in [1.807, 2.05) is 16.8 Å². The first kappa shape index (κ1) is 14.7. The molecule has 1 unspecified atom stereocenters. The molecule has 0 radical (unpaired) electrons. The van der Waals surface area contributed by atoms with Gasteiger partial charge in [0.2, 0.25) is 0 Å². The van der Waals surface area contributed by atoms with Crippen molar-refractivity contribution in [3.63, 3.8) is 0 Å². The molecular weight excluding hydrogens is 250 g/mol. The summed E-state index contributed by atoms with van der Waals surface area (Å²) in [6, 6.07) is 8.40. The Kier molecular flexibility index (Phi) is 4.55. The van der Waals surface area contributed by atoms with E-state index in [-0.39, 0.29) is 6.04 Å². The summed E-state index contributed by atoms with van der Waals surface area (Å²) >= 11 is 0. The summed E-state index contributed by atoms with van der Waals surface area (Å²) in [5.74, 6) is 1.32. The minimum absolute atomic E-state index is 0.253. The summed E-state index contributed by atoms with van der Waals surface area (Å²) in [4.78, 5) is 4.24. The average molecular weight is 273 g/mol. The zero-order valence-electron chi connectivity index (χ0n) is 12.6. The molecule has 20 heavy (non-hydrogen) atoms. The highest BCUT2D eigenvalue weighted by molar-refractivity contribution is 5.26. The topological polar surface area (TPSA) is 50.9 Å². The molecule has 0 amide bonds. The van der Waals surface area contributed by atoms with Crippen LogP contribution in [-0.4, -0.2) is 19.9 Å². The molecule has 0 saturated heterocycles. The zero-order valence-corrected chi connectivity index (χ0v) is 12.6. The number of benzene rings is 1. The molecule has 0 fully saturated rings. The van der Waals surface area contributed by atoms with Crippen molar-refractivity contribution in [3.05, 3.63) is 47.5 Å². The Morgan fingerprint density at radius 3 is 2.20 bits per heavy atom. The molecule has 2 rings (SSSR count). The summed E-state index contributed by atoms with van der Waals surface area (Å²) in [5, 5.41) is 14.5. The first-order chi connectivity index (χ1) is 9.49. The molecule has 0 aliphatic rings. The summed E-state index contributed by atoms with van der Waals surface area (Å²) in [6.45, 7) is 8.44. The van der Waals surface area contributed by atoms with Crippen LogP contribution in [0.4, 0.5) is 0 Å². The summed E-state index contributed by atoms with van der Waals surface area (Å²) in [7, 11) is 0. The second-order valence-electron chi connectivity index (χ2n) is 5.76. The highest BCUT2D eigenvalue weighted by Crippen LogP contribution is 2.21. The zero-order chi connectivity index (χ0) is 14.7. The normalized spacial score (nSPS) is 13.2. The van der Waals surface area contributed by atoms with Gasteiger partial charge in [-0.05, 0) is 30.9 Å². The lowest BCUT2D eigenvalue weighted by atomic mass is 9.99. The molecule has 4 nitrogen and oxygen atoms in total. The molecule has 0 aliphatic carbocycles. The molecule has 4 heteroatoms. The molecule has 1 aromatic heterocycles. The Labute approximate surface area is 120 Å². The number of nitrogens with zero attached hydrogens (tertiary/aromatic N) is 3. The van der Waals surface area contributed by atoms with Crippen LogP contribution in [0.15, 0.2) is 30.6 Å². The SMILES string of the molecule is CC(C)c1ccc(C(O)Cc2ncnn2C(C)C)cc1. The van der Waals surface area contributed by atoms with Crippen LogP contribution < -0.4 is 0 Å². The predicted molar refractivity (Wildman–Crippen MR) is 79.6 cm³/mol.